The third-order valence-corrected chi connectivity index (χ3v) is 3.40. The van der Waals surface area contributed by atoms with Crippen LogP contribution in [0.1, 0.15) is 39.5 Å². The minimum Gasteiger partial charge on any atom is -0.396 e. The number of aliphatic hydroxyl groups excluding tert-OH is 1. The lowest BCUT2D eigenvalue weighted by Crippen LogP contribution is -2.36. The molecule has 1 rings (SSSR count). The van der Waals surface area contributed by atoms with Crippen molar-refractivity contribution in [3.05, 3.63) is 0 Å². The van der Waals surface area contributed by atoms with E-state index in [1.54, 1.807) is 7.11 Å². The van der Waals surface area contributed by atoms with E-state index in [4.69, 9.17) is 9.84 Å². The molecule has 0 aromatic heterocycles. The normalized spacial score (nSPS) is 18.8. The van der Waals surface area contributed by atoms with E-state index in [2.05, 4.69) is 19.2 Å². The summed E-state index contributed by atoms with van der Waals surface area (Å²) >= 11 is 0. The van der Waals surface area contributed by atoms with Gasteiger partial charge in [0, 0.05) is 19.8 Å². The van der Waals surface area contributed by atoms with Crippen molar-refractivity contribution < 1.29 is 9.84 Å². The summed E-state index contributed by atoms with van der Waals surface area (Å²) in [5.41, 5.74) is 0.0675. The molecule has 1 fully saturated rings. The predicted molar refractivity (Wildman–Crippen MR) is 66.5 cm³/mol. The minimum absolute atomic E-state index is 0.0675. The SMILES string of the molecule is COCC(NCCCC(C)(C)CO)C1CC1. The van der Waals surface area contributed by atoms with E-state index in [-0.39, 0.29) is 12.0 Å². The quantitative estimate of drug-likeness (QED) is 0.592. The maximum atomic E-state index is 9.14. The van der Waals surface area contributed by atoms with Crippen LogP contribution in [0.4, 0.5) is 0 Å². The zero-order valence-electron chi connectivity index (χ0n) is 11.0. The summed E-state index contributed by atoms with van der Waals surface area (Å²) in [4.78, 5) is 0. The predicted octanol–water partition coefficient (Wildman–Crippen LogP) is 1.80. The Labute approximate surface area is 99.6 Å². The van der Waals surface area contributed by atoms with Gasteiger partial charge in [0.05, 0.1) is 6.61 Å². The van der Waals surface area contributed by atoms with Crippen LogP contribution in [-0.4, -0.2) is 38.0 Å². The van der Waals surface area contributed by atoms with E-state index in [0.717, 1.165) is 31.9 Å². The van der Waals surface area contributed by atoms with Crippen molar-refractivity contribution >= 4 is 0 Å². The molecular weight excluding hydrogens is 202 g/mol. The van der Waals surface area contributed by atoms with Gasteiger partial charge >= 0.3 is 0 Å². The highest BCUT2D eigenvalue weighted by molar-refractivity contribution is 4.86. The molecule has 1 aliphatic rings. The van der Waals surface area contributed by atoms with Gasteiger partial charge in [0.15, 0.2) is 0 Å². The first-order valence-electron chi connectivity index (χ1n) is 6.42. The lowest BCUT2D eigenvalue weighted by Gasteiger charge is -2.22. The van der Waals surface area contributed by atoms with Gasteiger partial charge in [-0.3, -0.25) is 0 Å². The second kappa shape index (κ2) is 6.58. The second-order valence-corrected chi connectivity index (χ2v) is 5.78. The monoisotopic (exact) mass is 229 g/mol. The number of hydrogen-bond donors (Lipinski definition) is 2. The van der Waals surface area contributed by atoms with Crippen molar-refractivity contribution in [1.82, 2.24) is 5.32 Å². The first-order chi connectivity index (χ1) is 7.59. The molecule has 16 heavy (non-hydrogen) atoms. The zero-order valence-corrected chi connectivity index (χ0v) is 11.0. The number of aliphatic hydroxyl groups is 1. The van der Waals surface area contributed by atoms with E-state index in [9.17, 15) is 0 Å². The molecule has 96 valence electrons. The fraction of sp³-hybridized carbons (Fsp3) is 1.00. The zero-order chi connectivity index (χ0) is 12.0. The Morgan fingerprint density at radius 3 is 2.62 bits per heavy atom. The van der Waals surface area contributed by atoms with Gasteiger partial charge < -0.3 is 15.2 Å². The van der Waals surface area contributed by atoms with Crippen molar-refractivity contribution in [2.75, 3.05) is 26.9 Å². The molecule has 2 N–H and O–H groups in total. The Morgan fingerprint density at radius 2 is 2.12 bits per heavy atom. The van der Waals surface area contributed by atoms with Gasteiger partial charge in [-0.1, -0.05) is 13.8 Å². The highest BCUT2D eigenvalue weighted by Gasteiger charge is 2.30. The van der Waals surface area contributed by atoms with Gasteiger partial charge in [0.25, 0.3) is 0 Å². The van der Waals surface area contributed by atoms with Gasteiger partial charge in [-0.15, -0.1) is 0 Å². The van der Waals surface area contributed by atoms with Crippen molar-refractivity contribution in [1.29, 1.82) is 0 Å². The summed E-state index contributed by atoms with van der Waals surface area (Å²) in [7, 11) is 1.77. The molecule has 0 aromatic carbocycles. The van der Waals surface area contributed by atoms with Gasteiger partial charge in [-0.05, 0) is 43.6 Å². The molecule has 0 bridgehead atoms. The molecule has 0 aliphatic heterocycles. The van der Waals surface area contributed by atoms with Crippen molar-refractivity contribution in [3.63, 3.8) is 0 Å². The van der Waals surface area contributed by atoms with Crippen molar-refractivity contribution in [2.24, 2.45) is 11.3 Å². The molecule has 0 radical (unpaired) electrons. The van der Waals surface area contributed by atoms with Crippen LogP contribution >= 0.6 is 0 Å². The lowest BCUT2D eigenvalue weighted by atomic mass is 9.89. The lowest BCUT2D eigenvalue weighted by molar-refractivity contribution is 0.142. The molecule has 0 saturated heterocycles. The minimum atomic E-state index is 0.0675. The Morgan fingerprint density at radius 1 is 1.44 bits per heavy atom. The van der Waals surface area contributed by atoms with Crippen LogP contribution in [0, 0.1) is 11.3 Å². The number of methoxy groups -OCH3 is 1. The summed E-state index contributed by atoms with van der Waals surface area (Å²) < 4.78 is 5.22. The molecule has 3 heteroatoms. The molecule has 0 aromatic rings. The van der Waals surface area contributed by atoms with Gasteiger partial charge in [-0.25, -0.2) is 0 Å². The summed E-state index contributed by atoms with van der Waals surface area (Å²) in [6.07, 6.45) is 4.90. The standard InChI is InChI=1S/C13H27NO2/c1-13(2,10-15)7-4-8-14-12(9-16-3)11-5-6-11/h11-12,14-15H,4-10H2,1-3H3. The molecule has 1 aliphatic carbocycles. The van der Waals surface area contributed by atoms with Crippen molar-refractivity contribution in [2.45, 2.75) is 45.6 Å². The summed E-state index contributed by atoms with van der Waals surface area (Å²) in [6.45, 7) is 6.36. The van der Waals surface area contributed by atoms with E-state index in [1.165, 1.54) is 12.8 Å². The second-order valence-electron chi connectivity index (χ2n) is 5.78. The van der Waals surface area contributed by atoms with Crippen LogP contribution in [0.15, 0.2) is 0 Å². The van der Waals surface area contributed by atoms with Gasteiger partial charge in [0.1, 0.15) is 0 Å². The van der Waals surface area contributed by atoms with E-state index in [0.29, 0.717) is 6.04 Å². The number of hydrogen-bond acceptors (Lipinski definition) is 3. The van der Waals surface area contributed by atoms with Crippen LogP contribution in [0.3, 0.4) is 0 Å². The first kappa shape index (κ1) is 13.9. The molecule has 1 unspecified atom stereocenters. The van der Waals surface area contributed by atoms with Crippen molar-refractivity contribution in [3.8, 4) is 0 Å². The number of ether oxygens (including phenoxy) is 1. The van der Waals surface area contributed by atoms with Gasteiger partial charge in [-0.2, -0.15) is 0 Å². The number of nitrogens with one attached hydrogen (secondary N) is 1. The largest absolute Gasteiger partial charge is 0.396 e. The molecule has 0 amide bonds. The smallest absolute Gasteiger partial charge is 0.0618 e. The third kappa shape index (κ3) is 5.28. The highest BCUT2D eigenvalue weighted by Crippen LogP contribution is 2.32. The summed E-state index contributed by atoms with van der Waals surface area (Å²) in [5, 5.41) is 12.7. The molecule has 3 nitrogen and oxygen atoms in total. The highest BCUT2D eigenvalue weighted by atomic mass is 16.5. The van der Waals surface area contributed by atoms with Gasteiger partial charge in [0.2, 0.25) is 0 Å². The van der Waals surface area contributed by atoms with Crippen LogP contribution in [-0.2, 0) is 4.74 Å². The Kier molecular flexibility index (Phi) is 5.73. The Bertz CT molecular complexity index is 190. The molecule has 1 saturated carbocycles. The number of rotatable bonds is 9. The maximum Gasteiger partial charge on any atom is 0.0618 e. The average Bonchev–Trinajstić information content (AvgIpc) is 3.06. The van der Waals surface area contributed by atoms with Crippen LogP contribution in [0.2, 0.25) is 0 Å². The van der Waals surface area contributed by atoms with E-state index in [1.807, 2.05) is 0 Å². The average molecular weight is 229 g/mol. The Balaban J connectivity index is 2.08. The molecular formula is C13H27NO2. The molecule has 0 heterocycles. The van der Waals surface area contributed by atoms with E-state index >= 15 is 0 Å². The Hall–Kier alpha value is -0.120. The summed E-state index contributed by atoms with van der Waals surface area (Å²) in [6, 6.07) is 0.544. The molecule has 1 atom stereocenters. The third-order valence-electron chi connectivity index (χ3n) is 3.40. The van der Waals surface area contributed by atoms with Crippen LogP contribution in [0.25, 0.3) is 0 Å². The fourth-order valence-electron chi connectivity index (χ4n) is 1.97. The summed E-state index contributed by atoms with van der Waals surface area (Å²) in [5.74, 6) is 0.839. The van der Waals surface area contributed by atoms with Crippen LogP contribution < -0.4 is 5.32 Å². The topological polar surface area (TPSA) is 41.5 Å². The fourth-order valence-corrected chi connectivity index (χ4v) is 1.97. The van der Waals surface area contributed by atoms with Crippen LogP contribution in [0.5, 0.6) is 0 Å². The maximum absolute atomic E-state index is 9.14. The van der Waals surface area contributed by atoms with E-state index < -0.39 is 0 Å². The first-order valence-corrected chi connectivity index (χ1v) is 6.42. The molecule has 0 spiro atoms.